The number of benzene rings is 1. The Hall–Kier alpha value is -1.29. The number of rotatable bonds is 3. The molecule has 2 aromatic heterocycles. The van der Waals surface area contributed by atoms with Gasteiger partial charge in [0.15, 0.2) is 0 Å². The summed E-state index contributed by atoms with van der Waals surface area (Å²) < 4.78 is 0. The first-order valence-corrected chi connectivity index (χ1v) is 7.37. The lowest BCUT2D eigenvalue weighted by atomic mass is 10.1. The van der Waals surface area contributed by atoms with Crippen LogP contribution in [0.15, 0.2) is 41.9 Å². The van der Waals surface area contributed by atoms with E-state index in [1.807, 2.05) is 29.8 Å². The van der Waals surface area contributed by atoms with Crippen molar-refractivity contribution in [2.45, 2.75) is 6.42 Å². The number of nitrogens with one attached hydrogen (secondary N) is 1. The topological polar surface area (TPSA) is 28.7 Å². The number of H-pyrrole nitrogens is 1. The molecule has 0 saturated carbocycles. The Bertz CT molecular complexity index is 669. The van der Waals surface area contributed by atoms with Crippen molar-refractivity contribution >= 4 is 34.5 Å². The largest absolute Gasteiger partial charge is 0.348 e. The van der Waals surface area contributed by atoms with E-state index in [1.54, 1.807) is 17.4 Å². The van der Waals surface area contributed by atoms with Gasteiger partial charge >= 0.3 is 0 Å². The molecule has 0 aliphatic heterocycles. The summed E-state index contributed by atoms with van der Waals surface area (Å²) in [6.07, 6.45) is 2.61. The van der Waals surface area contributed by atoms with Crippen LogP contribution in [0.1, 0.15) is 11.4 Å². The molecular formula is C14H10Cl2N2S. The first-order chi connectivity index (χ1) is 9.20. The monoisotopic (exact) mass is 308 g/mol. The maximum Gasteiger partial charge on any atom is 0.111 e. The molecule has 0 radical (unpaired) electrons. The summed E-state index contributed by atoms with van der Waals surface area (Å²) in [4.78, 5) is 8.93. The molecule has 0 spiro atoms. The van der Waals surface area contributed by atoms with E-state index < -0.39 is 0 Å². The van der Waals surface area contributed by atoms with Crippen molar-refractivity contribution in [3.63, 3.8) is 0 Å². The zero-order valence-corrected chi connectivity index (χ0v) is 12.2. The predicted molar refractivity (Wildman–Crippen MR) is 81.2 cm³/mol. The number of thiophene rings is 1. The third-order valence-corrected chi connectivity index (χ3v) is 4.03. The molecule has 5 heteroatoms. The van der Waals surface area contributed by atoms with Gasteiger partial charge < -0.3 is 4.98 Å². The zero-order valence-electron chi connectivity index (χ0n) is 9.86. The van der Waals surface area contributed by atoms with E-state index in [9.17, 15) is 0 Å². The van der Waals surface area contributed by atoms with Gasteiger partial charge in [-0.3, -0.25) is 0 Å². The van der Waals surface area contributed by atoms with E-state index in [4.69, 9.17) is 23.2 Å². The molecule has 0 bridgehead atoms. The van der Waals surface area contributed by atoms with Crippen LogP contribution in [-0.2, 0) is 6.42 Å². The Kier molecular flexibility index (Phi) is 3.60. The van der Waals surface area contributed by atoms with Crippen LogP contribution in [0, 0.1) is 0 Å². The molecule has 96 valence electrons. The van der Waals surface area contributed by atoms with Crippen LogP contribution < -0.4 is 0 Å². The number of imidazole rings is 1. The molecule has 0 amide bonds. The van der Waals surface area contributed by atoms with Gasteiger partial charge in [-0.05, 0) is 35.2 Å². The second-order valence-electron chi connectivity index (χ2n) is 4.16. The summed E-state index contributed by atoms with van der Waals surface area (Å²) in [7, 11) is 0. The number of aromatic amines is 1. The number of halogens is 2. The second kappa shape index (κ2) is 5.37. The lowest BCUT2D eigenvalue weighted by Gasteiger charge is -2.00. The van der Waals surface area contributed by atoms with Gasteiger partial charge in [-0.2, -0.15) is 0 Å². The maximum absolute atomic E-state index is 5.99. The SMILES string of the molecule is Clc1cc(Cl)cc(Cc2nc(-c3cccs3)c[nH]2)c1. The van der Waals surface area contributed by atoms with Gasteiger partial charge in [0.25, 0.3) is 0 Å². The molecule has 0 atom stereocenters. The number of nitrogens with zero attached hydrogens (tertiary/aromatic N) is 1. The fourth-order valence-electron chi connectivity index (χ4n) is 1.91. The zero-order chi connectivity index (χ0) is 13.2. The van der Waals surface area contributed by atoms with E-state index >= 15 is 0 Å². The van der Waals surface area contributed by atoms with Crippen molar-refractivity contribution in [2.75, 3.05) is 0 Å². The van der Waals surface area contributed by atoms with Crippen LogP contribution in [0.4, 0.5) is 0 Å². The molecule has 1 N–H and O–H groups in total. The standard InChI is InChI=1S/C14H10Cl2N2S/c15-10-4-9(5-11(16)7-10)6-14-17-8-12(18-14)13-2-1-3-19-13/h1-5,7-8H,6H2,(H,17,18). The van der Waals surface area contributed by atoms with Crippen molar-refractivity contribution in [1.29, 1.82) is 0 Å². The fourth-order valence-corrected chi connectivity index (χ4v) is 3.17. The average molecular weight is 309 g/mol. The van der Waals surface area contributed by atoms with Crippen molar-refractivity contribution in [3.05, 3.63) is 63.3 Å². The summed E-state index contributed by atoms with van der Waals surface area (Å²) >= 11 is 13.7. The Morgan fingerprint density at radius 1 is 1.16 bits per heavy atom. The highest BCUT2D eigenvalue weighted by molar-refractivity contribution is 7.13. The van der Waals surface area contributed by atoms with E-state index in [0.29, 0.717) is 16.5 Å². The van der Waals surface area contributed by atoms with E-state index in [-0.39, 0.29) is 0 Å². The molecule has 0 aliphatic carbocycles. The average Bonchev–Trinajstić information content (AvgIpc) is 2.96. The van der Waals surface area contributed by atoms with Crippen LogP contribution in [0.2, 0.25) is 10.0 Å². The normalized spacial score (nSPS) is 10.8. The minimum Gasteiger partial charge on any atom is -0.348 e. The van der Waals surface area contributed by atoms with Gasteiger partial charge in [0, 0.05) is 22.7 Å². The highest BCUT2D eigenvalue weighted by atomic mass is 35.5. The Labute approximate surface area is 125 Å². The number of hydrogen-bond acceptors (Lipinski definition) is 2. The molecule has 19 heavy (non-hydrogen) atoms. The summed E-state index contributed by atoms with van der Waals surface area (Å²) in [6.45, 7) is 0. The quantitative estimate of drug-likeness (QED) is 0.721. The third-order valence-electron chi connectivity index (χ3n) is 2.70. The minimum absolute atomic E-state index is 0.646. The van der Waals surface area contributed by atoms with Crippen LogP contribution in [0.3, 0.4) is 0 Å². The fraction of sp³-hybridized carbons (Fsp3) is 0.0714. The second-order valence-corrected chi connectivity index (χ2v) is 5.98. The molecule has 0 fully saturated rings. The Balaban J connectivity index is 1.84. The van der Waals surface area contributed by atoms with Crippen LogP contribution in [-0.4, -0.2) is 9.97 Å². The van der Waals surface area contributed by atoms with Crippen LogP contribution in [0.5, 0.6) is 0 Å². The summed E-state index contributed by atoms with van der Waals surface area (Å²) in [5.74, 6) is 0.904. The van der Waals surface area contributed by atoms with E-state index in [0.717, 1.165) is 22.0 Å². The Morgan fingerprint density at radius 2 is 1.95 bits per heavy atom. The van der Waals surface area contributed by atoms with Crippen molar-refractivity contribution in [1.82, 2.24) is 9.97 Å². The minimum atomic E-state index is 0.646. The van der Waals surface area contributed by atoms with Crippen molar-refractivity contribution < 1.29 is 0 Å². The summed E-state index contributed by atoms with van der Waals surface area (Å²) in [5.41, 5.74) is 2.02. The van der Waals surface area contributed by atoms with E-state index in [2.05, 4.69) is 16.0 Å². The van der Waals surface area contributed by atoms with Crippen LogP contribution in [0.25, 0.3) is 10.6 Å². The lowest BCUT2D eigenvalue weighted by molar-refractivity contribution is 1.03. The van der Waals surface area contributed by atoms with Gasteiger partial charge in [0.1, 0.15) is 5.82 Å². The van der Waals surface area contributed by atoms with Crippen molar-refractivity contribution in [3.8, 4) is 10.6 Å². The molecule has 0 saturated heterocycles. The summed E-state index contributed by atoms with van der Waals surface area (Å²) in [6, 6.07) is 9.61. The lowest BCUT2D eigenvalue weighted by Crippen LogP contribution is -1.91. The molecular weight excluding hydrogens is 299 g/mol. The van der Waals surface area contributed by atoms with E-state index in [1.165, 1.54) is 0 Å². The molecule has 1 aromatic carbocycles. The number of aromatic nitrogens is 2. The van der Waals surface area contributed by atoms with Crippen molar-refractivity contribution in [2.24, 2.45) is 0 Å². The molecule has 3 aromatic rings. The Morgan fingerprint density at radius 3 is 2.63 bits per heavy atom. The molecule has 0 unspecified atom stereocenters. The molecule has 3 rings (SSSR count). The highest BCUT2D eigenvalue weighted by Gasteiger charge is 2.06. The summed E-state index contributed by atoms with van der Waals surface area (Å²) in [5, 5.41) is 3.33. The first kappa shape index (κ1) is 12.7. The van der Waals surface area contributed by atoms with Gasteiger partial charge in [-0.15, -0.1) is 11.3 Å². The molecule has 2 nitrogen and oxygen atoms in total. The van der Waals surface area contributed by atoms with Gasteiger partial charge in [-0.1, -0.05) is 29.3 Å². The molecule has 0 aliphatic rings. The third kappa shape index (κ3) is 3.00. The van der Waals surface area contributed by atoms with Gasteiger partial charge in [-0.25, -0.2) is 4.98 Å². The maximum atomic E-state index is 5.99. The highest BCUT2D eigenvalue weighted by Crippen LogP contribution is 2.24. The predicted octanol–water partition coefficient (Wildman–Crippen LogP) is 5.04. The van der Waals surface area contributed by atoms with Gasteiger partial charge in [0.05, 0.1) is 10.6 Å². The number of hydrogen-bond donors (Lipinski definition) is 1. The van der Waals surface area contributed by atoms with Gasteiger partial charge in [0.2, 0.25) is 0 Å². The van der Waals surface area contributed by atoms with Crippen LogP contribution >= 0.6 is 34.5 Å². The first-order valence-electron chi connectivity index (χ1n) is 5.74. The molecule has 2 heterocycles. The smallest absolute Gasteiger partial charge is 0.111 e.